The highest BCUT2D eigenvalue weighted by Gasteiger charge is 2.25. The van der Waals surface area contributed by atoms with Gasteiger partial charge in [-0.05, 0) is 35.4 Å². The summed E-state index contributed by atoms with van der Waals surface area (Å²) in [5.41, 5.74) is 4.69. The second kappa shape index (κ2) is 9.65. The van der Waals surface area contributed by atoms with Crippen molar-refractivity contribution in [2.45, 2.75) is 6.54 Å². The fourth-order valence-corrected chi connectivity index (χ4v) is 4.61. The Morgan fingerprint density at radius 3 is 2.68 bits per heavy atom. The molecule has 1 saturated heterocycles. The van der Waals surface area contributed by atoms with E-state index in [4.69, 9.17) is 4.74 Å². The van der Waals surface area contributed by atoms with Gasteiger partial charge in [0.2, 0.25) is 0 Å². The number of benzene rings is 2. The van der Waals surface area contributed by atoms with E-state index in [2.05, 4.69) is 39.1 Å². The van der Waals surface area contributed by atoms with Crippen LogP contribution < -0.4 is 9.64 Å². The van der Waals surface area contributed by atoms with Gasteiger partial charge >= 0.3 is 0 Å². The topological polar surface area (TPSA) is 48.9 Å². The molecule has 5 rings (SSSR count). The lowest BCUT2D eigenvalue weighted by molar-refractivity contribution is 0.0625. The van der Waals surface area contributed by atoms with Crippen LogP contribution in [0.1, 0.15) is 21.5 Å². The molecule has 2 aromatic carbocycles. The molecule has 0 spiro atoms. The fraction of sp³-hybridized carbons (Fsp3) is 0.259. The van der Waals surface area contributed by atoms with Crippen molar-refractivity contribution in [1.29, 1.82) is 0 Å². The summed E-state index contributed by atoms with van der Waals surface area (Å²) in [6.07, 6.45) is 7.15. The molecule has 6 nitrogen and oxygen atoms in total. The Labute approximate surface area is 198 Å². The first-order valence-corrected chi connectivity index (χ1v) is 11.4. The van der Waals surface area contributed by atoms with Crippen molar-refractivity contribution in [3.63, 3.8) is 0 Å². The SMILES string of the molecule is COc1cc(N2CC=Cc3ccccc32)ccc1C(=O)N1CCN(Cc2cncc(F)c2)CC1. The molecule has 0 unspecified atom stereocenters. The van der Waals surface area contributed by atoms with Crippen molar-refractivity contribution in [2.24, 2.45) is 0 Å². The van der Waals surface area contributed by atoms with Gasteiger partial charge in [-0.15, -0.1) is 0 Å². The number of aromatic nitrogens is 1. The van der Waals surface area contributed by atoms with Crippen LogP contribution in [0.3, 0.4) is 0 Å². The first kappa shape index (κ1) is 22.1. The monoisotopic (exact) mass is 458 g/mol. The van der Waals surface area contributed by atoms with Crippen LogP contribution in [0, 0.1) is 5.82 Å². The molecule has 0 aliphatic carbocycles. The van der Waals surface area contributed by atoms with Crippen molar-refractivity contribution in [3.05, 3.63) is 89.5 Å². The van der Waals surface area contributed by atoms with Crippen molar-refractivity contribution in [2.75, 3.05) is 44.7 Å². The lowest BCUT2D eigenvalue weighted by atomic mass is 10.1. The van der Waals surface area contributed by atoms with Gasteiger partial charge in [-0.2, -0.15) is 0 Å². The number of hydrogen-bond acceptors (Lipinski definition) is 5. The zero-order chi connectivity index (χ0) is 23.5. The fourth-order valence-electron chi connectivity index (χ4n) is 4.61. The average molecular weight is 459 g/mol. The Balaban J connectivity index is 1.28. The summed E-state index contributed by atoms with van der Waals surface area (Å²) in [5.74, 6) is 0.211. The number of halogens is 1. The van der Waals surface area contributed by atoms with Gasteiger partial charge in [0.05, 0.1) is 18.9 Å². The molecule has 174 valence electrons. The van der Waals surface area contributed by atoms with E-state index in [9.17, 15) is 9.18 Å². The Morgan fingerprint density at radius 2 is 1.88 bits per heavy atom. The summed E-state index contributed by atoms with van der Waals surface area (Å²) in [6, 6.07) is 15.6. The van der Waals surface area contributed by atoms with E-state index in [0.29, 0.717) is 30.9 Å². The molecule has 0 N–H and O–H groups in total. The van der Waals surface area contributed by atoms with Crippen LogP contribution in [0.15, 0.2) is 67.0 Å². The summed E-state index contributed by atoms with van der Waals surface area (Å²) in [4.78, 5) is 23.5. The highest BCUT2D eigenvalue weighted by Crippen LogP contribution is 2.35. The Kier molecular flexibility index (Phi) is 6.27. The van der Waals surface area contributed by atoms with Crippen LogP contribution in [0.25, 0.3) is 6.08 Å². The highest BCUT2D eigenvalue weighted by molar-refractivity contribution is 5.98. The van der Waals surface area contributed by atoms with Crippen molar-refractivity contribution in [1.82, 2.24) is 14.8 Å². The van der Waals surface area contributed by atoms with E-state index in [1.54, 1.807) is 13.3 Å². The summed E-state index contributed by atoms with van der Waals surface area (Å²) in [5, 5.41) is 0. The number of amides is 1. The molecule has 1 amide bonds. The normalized spacial score (nSPS) is 15.8. The largest absolute Gasteiger partial charge is 0.496 e. The lowest BCUT2D eigenvalue weighted by Crippen LogP contribution is -2.48. The molecular formula is C27H27FN4O2. The zero-order valence-corrected chi connectivity index (χ0v) is 19.2. The number of carbonyl (C=O) groups is 1. The predicted octanol–water partition coefficient (Wildman–Crippen LogP) is 4.35. The average Bonchev–Trinajstić information content (AvgIpc) is 2.88. The lowest BCUT2D eigenvalue weighted by Gasteiger charge is -2.35. The third-order valence-electron chi connectivity index (χ3n) is 6.37. The summed E-state index contributed by atoms with van der Waals surface area (Å²) < 4.78 is 19.1. The molecule has 34 heavy (non-hydrogen) atoms. The first-order valence-electron chi connectivity index (χ1n) is 11.4. The molecule has 1 fully saturated rings. The number of carbonyl (C=O) groups excluding carboxylic acids is 1. The van der Waals surface area contributed by atoms with Crippen molar-refractivity contribution in [3.8, 4) is 5.75 Å². The molecule has 0 radical (unpaired) electrons. The number of fused-ring (bicyclic) bond motifs is 1. The van der Waals surface area contributed by atoms with Crippen molar-refractivity contribution < 1.29 is 13.9 Å². The number of pyridine rings is 1. The minimum atomic E-state index is -0.328. The van der Waals surface area contributed by atoms with Crippen LogP contribution in [0.2, 0.25) is 0 Å². The smallest absolute Gasteiger partial charge is 0.257 e. The number of anilines is 2. The van der Waals surface area contributed by atoms with Crippen LogP contribution in [0.5, 0.6) is 5.75 Å². The molecule has 7 heteroatoms. The number of hydrogen-bond donors (Lipinski definition) is 0. The third-order valence-corrected chi connectivity index (χ3v) is 6.37. The van der Waals surface area contributed by atoms with E-state index in [-0.39, 0.29) is 11.7 Å². The molecular weight excluding hydrogens is 431 g/mol. The van der Waals surface area contributed by atoms with Gasteiger partial charge < -0.3 is 14.5 Å². The van der Waals surface area contributed by atoms with Crippen LogP contribution in [-0.4, -0.2) is 60.5 Å². The van der Waals surface area contributed by atoms with Gasteiger partial charge in [0.15, 0.2) is 0 Å². The minimum absolute atomic E-state index is 0.0330. The van der Waals surface area contributed by atoms with E-state index in [1.165, 1.54) is 17.8 Å². The maximum Gasteiger partial charge on any atom is 0.257 e. The second-order valence-corrected chi connectivity index (χ2v) is 8.54. The van der Waals surface area contributed by atoms with E-state index < -0.39 is 0 Å². The molecule has 0 atom stereocenters. The Hall–Kier alpha value is -3.71. The van der Waals surface area contributed by atoms with E-state index in [0.717, 1.165) is 36.6 Å². The van der Waals surface area contributed by atoms with E-state index in [1.807, 2.05) is 35.2 Å². The van der Waals surface area contributed by atoms with Gasteiger partial charge in [-0.3, -0.25) is 14.7 Å². The Bertz CT molecular complexity index is 1220. The minimum Gasteiger partial charge on any atom is -0.496 e. The number of rotatable bonds is 5. The van der Waals surface area contributed by atoms with Crippen LogP contribution in [0.4, 0.5) is 15.8 Å². The Morgan fingerprint density at radius 1 is 1.06 bits per heavy atom. The maximum atomic E-state index is 13.4. The molecule has 2 aliphatic heterocycles. The molecule has 3 aromatic rings. The second-order valence-electron chi connectivity index (χ2n) is 8.54. The summed E-state index contributed by atoms with van der Waals surface area (Å²) in [7, 11) is 1.60. The van der Waals surface area contributed by atoms with Gasteiger partial charge in [-0.25, -0.2) is 4.39 Å². The predicted molar refractivity (Wildman–Crippen MR) is 131 cm³/mol. The standard InChI is InChI=1S/C27H27FN4O2/c1-34-26-16-23(32-10-4-6-21-5-2-3-7-25(21)32)8-9-24(26)27(33)31-13-11-30(12-14-31)19-20-15-22(28)18-29-17-20/h2-9,15-18H,10-14,19H2,1H3. The van der Waals surface area contributed by atoms with Crippen LogP contribution >= 0.6 is 0 Å². The van der Waals surface area contributed by atoms with Gasteiger partial charge in [0, 0.05) is 62.9 Å². The number of ether oxygens (including phenoxy) is 1. The molecule has 3 heterocycles. The molecule has 0 bridgehead atoms. The summed E-state index contributed by atoms with van der Waals surface area (Å²) in [6.45, 7) is 4.04. The first-order chi connectivity index (χ1) is 16.6. The van der Waals surface area contributed by atoms with Gasteiger partial charge in [0.25, 0.3) is 5.91 Å². The summed E-state index contributed by atoms with van der Waals surface area (Å²) >= 11 is 0. The van der Waals surface area contributed by atoms with Crippen LogP contribution in [-0.2, 0) is 6.54 Å². The maximum absolute atomic E-state index is 13.4. The van der Waals surface area contributed by atoms with Gasteiger partial charge in [-0.1, -0.05) is 30.4 Å². The highest BCUT2D eigenvalue weighted by atomic mass is 19.1. The molecule has 0 saturated carbocycles. The molecule has 1 aromatic heterocycles. The number of methoxy groups -OCH3 is 1. The van der Waals surface area contributed by atoms with Gasteiger partial charge in [0.1, 0.15) is 11.6 Å². The zero-order valence-electron chi connectivity index (χ0n) is 19.2. The molecule has 2 aliphatic rings. The third kappa shape index (κ3) is 4.52. The van der Waals surface area contributed by atoms with E-state index >= 15 is 0 Å². The number of piperazine rings is 1. The quantitative estimate of drug-likeness (QED) is 0.569. The number of para-hydroxylation sites is 1. The van der Waals surface area contributed by atoms with Crippen molar-refractivity contribution >= 4 is 23.4 Å². The number of nitrogens with zero attached hydrogens (tertiary/aromatic N) is 4.